The Labute approximate surface area is 100 Å². The highest BCUT2D eigenvalue weighted by Gasteiger charge is 2.24. The van der Waals surface area contributed by atoms with E-state index in [9.17, 15) is 9.18 Å². The lowest BCUT2D eigenvalue weighted by molar-refractivity contribution is 0.0348. The van der Waals surface area contributed by atoms with Crippen molar-refractivity contribution in [3.63, 3.8) is 0 Å². The average molecular weight is 237 g/mol. The second-order valence-corrected chi connectivity index (χ2v) is 4.21. The van der Waals surface area contributed by atoms with Gasteiger partial charge in [-0.1, -0.05) is 12.1 Å². The number of carbonyl (C=O) groups excluding carboxylic acids is 1. The summed E-state index contributed by atoms with van der Waals surface area (Å²) in [6, 6.07) is 6.11. The van der Waals surface area contributed by atoms with Crippen LogP contribution >= 0.6 is 0 Å². The highest BCUT2D eigenvalue weighted by atomic mass is 19.1. The van der Waals surface area contributed by atoms with Gasteiger partial charge >= 0.3 is 0 Å². The summed E-state index contributed by atoms with van der Waals surface area (Å²) in [4.78, 5) is 13.7. The Morgan fingerprint density at radius 2 is 2.00 bits per heavy atom. The quantitative estimate of drug-likeness (QED) is 0.788. The van der Waals surface area contributed by atoms with Crippen molar-refractivity contribution in [2.45, 2.75) is 18.9 Å². The van der Waals surface area contributed by atoms with Crippen molar-refractivity contribution in [1.82, 2.24) is 4.90 Å². The monoisotopic (exact) mass is 237 g/mol. The van der Waals surface area contributed by atoms with Crippen LogP contribution in [0.1, 0.15) is 23.2 Å². The molecule has 0 N–H and O–H groups in total. The molecule has 1 aliphatic rings. The number of amides is 1. The predicted octanol–water partition coefficient (Wildman–Crippen LogP) is 2.08. The number of rotatable bonds is 2. The molecule has 1 saturated heterocycles. The van der Waals surface area contributed by atoms with Gasteiger partial charge in [0.1, 0.15) is 5.82 Å². The molecule has 1 fully saturated rings. The number of benzene rings is 1. The van der Waals surface area contributed by atoms with Crippen LogP contribution in [0.2, 0.25) is 0 Å². The second-order valence-electron chi connectivity index (χ2n) is 4.21. The number of ether oxygens (including phenoxy) is 1. The fourth-order valence-electron chi connectivity index (χ4n) is 2.10. The molecule has 1 aromatic rings. The first-order valence-corrected chi connectivity index (χ1v) is 5.79. The number of halogens is 1. The predicted molar refractivity (Wildman–Crippen MR) is 62.3 cm³/mol. The van der Waals surface area contributed by atoms with Crippen LogP contribution in [0.5, 0.6) is 0 Å². The van der Waals surface area contributed by atoms with Crippen LogP contribution < -0.4 is 0 Å². The van der Waals surface area contributed by atoms with Crippen molar-refractivity contribution >= 4 is 5.91 Å². The van der Waals surface area contributed by atoms with E-state index in [4.69, 9.17) is 4.74 Å². The van der Waals surface area contributed by atoms with Crippen LogP contribution in [0.3, 0.4) is 0 Å². The van der Waals surface area contributed by atoms with Crippen LogP contribution in [0, 0.1) is 5.82 Å². The molecular weight excluding hydrogens is 221 g/mol. The van der Waals surface area contributed by atoms with Crippen LogP contribution in [-0.2, 0) is 4.74 Å². The third kappa shape index (κ3) is 2.64. The fourth-order valence-corrected chi connectivity index (χ4v) is 2.10. The van der Waals surface area contributed by atoms with Gasteiger partial charge in [0.05, 0.1) is 11.7 Å². The highest BCUT2D eigenvalue weighted by Crippen LogP contribution is 2.17. The van der Waals surface area contributed by atoms with Crippen LogP contribution in [0.4, 0.5) is 4.39 Å². The Kier molecular flexibility index (Phi) is 3.74. The van der Waals surface area contributed by atoms with E-state index >= 15 is 0 Å². The van der Waals surface area contributed by atoms with E-state index in [0.29, 0.717) is 13.1 Å². The van der Waals surface area contributed by atoms with Crippen molar-refractivity contribution in [3.8, 4) is 0 Å². The minimum absolute atomic E-state index is 0.156. The molecule has 0 atom stereocenters. The zero-order valence-electron chi connectivity index (χ0n) is 9.86. The maximum Gasteiger partial charge on any atom is 0.256 e. The molecule has 1 aromatic carbocycles. The van der Waals surface area contributed by atoms with Gasteiger partial charge in [-0.25, -0.2) is 4.39 Å². The number of hydrogen-bond donors (Lipinski definition) is 0. The zero-order valence-corrected chi connectivity index (χ0v) is 9.86. The Hall–Kier alpha value is -1.42. The Morgan fingerprint density at radius 3 is 2.59 bits per heavy atom. The van der Waals surface area contributed by atoms with Crippen LogP contribution in [0.15, 0.2) is 24.3 Å². The normalized spacial score (nSPS) is 17.2. The first-order valence-electron chi connectivity index (χ1n) is 5.79. The highest BCUT2D eigenvalue weighted by molar-refractivity contribution is 5.94. The first kappa shape index (κ1) is 12.0. The summed E-state index contributed by atoms with van der Waals surface area (Å²) in [7, 11) is 1.68. The summed E-state index contributed by atoms with van der Waals surface area (Å²) in [5.74, 6) is -0.677. The molecule has 0 radical (unpaired) electrons. The molecule has 1 aliphatic heterocycles. The summed E-state index contributed by atoms with van der Waals surface area (Å²) >= 11 is 0. The lowest BCUT2D eigenvalue weighted by Gasteiger charge is -2.31. The van der Waals surface area contributed by atoms with Gasteiger partial charge in [-0.2, -0.15) is 0 Å². The summed E-state index contributed by atoms with van der Waals surface area (Å²) in [6.07, 6.45) is 1.85. The first-order chi connectivity index (χ1) is 8.22. The zero-order chi connectivity index (χ0) is 12.3. The number of nitrogens with zero attached hydrogens (tertiary/aromatic N) is 1. The fraction of sp³-hybridized carbons (Fsp3) is 0.462. The summed E-state index contributed by atoms with van der Waals surface area (Å²) in [5, 5.41) is 0. The number of likely N-dealkylation sites (tertiary alicyclic amines) is 1. The lowest BCUT2D eigenvalue weighted by Crippen LogP contribution is -2.40. The van der Waals surface area contributed by atoms with Crippen molar-refractivity contribution in [2.24, 2.45) is 0 Å². The van der Waals surface area contributed by atoms with E-state index in [1.807, 2.05) is 0 Å². The van der Waals surface area contributed by atoms with Gasteiger partial charge in [-0.3, -0.25) is 4.79 Å². The number of hydrogen-bond acceptors (Lipinski definition) is 2. The van der Waals surface area contributed by atoms with E-state index in [2.05, 4.69) is 0 Å². The summed E-state index contributed by atoms with van der Waals surface area (Å²) < 4.78 is 18.7. The topological polar surface area (TPSA) is 29.5 Å². The Bertz CT molecular complexity index is 400. The van der Waals surface area contributed by atoms with Crippen LogP contribution in [-0.4, -0.2) is 37.1 Å². The molecule has 0 aromatic heterocycles. The standard InChI is InChI=1S/C13H16FNO2/c1-17-10-6-8-15(9-7-10)13(16)11-4-2-3-5-12(11)14/h2-5,10H,6-9H2,1H3. The SMILES string of the molecule is COC1CCN(C(=O)c2ccccc2F)CC1. The number of methoxy groups -OCH3 is 1. The largest absolute Gasteiger partial charge is 0.381 e. The lowest BCUT2D eigenvalue weighted by atomic mass is 10.1. The van der Waals surface area contributed by atoms with E-state index < -0.39 is 5.82 Å². The second kappa shape index (κ2) is 5.27. The maximum atomic E-state index is 13.5. The van der Waals surface area contributed by atoms with Gasteiger partial charge in [0.15, 0.2) is 0 Å². The summed E-state index contributed by atoms with van der Waals surface area (Å²) in [6.45, 7) is 1.26. The van der Waals surface area contributed by atoms with Gasteiger partial charge in [0.25, 0.3) is 5.91 Å². The Morgan fingerprint density at radius 1 is 1.35 bits per heavy atom. The molecule has 0 bridgehead atoms. The Balaban J connectivity index is 2.04. The molecule has 0 unspecified atom stereocenters. The van der Waals surface area contributed by atoms with Crippen molar-refractivity contribution in [2.75, 3.05) is 20.2 Å². The van der Waals surface area contributed by atoms with E-state index in [1.54, 1.807) is 24.1 Å². The van der Waals surface area contributed by atoms with E-state index in [1.165, 1.54) is 12.1 Å². The van der Waals surface area contributed by atoms with Crippen LogP contribution in [0.25, 0.3) is 0 Å². The number of carbonyl (C=O) groups is 1. The average Bonchev–Trinajstić information content (AvgIpc) is 2.39. The molecule has 1 amide bonds. The third-order valence-corrected chi connectivity index (χ3v) is 3.17. The molecule has 0 saturated carbocycles. The number of piperidine rings is 1. The van der Waals surface area contributed by atoms with Gasteiger partial charge in [-0.15, -0.1) is 0 Å². The molecule has 2 rings (SSSR count). The molecular formula is C13H16FNO2. The van der Waals surface area contributed by atoms with Crippen molar-refractivity contribution < 1.29 is 13.9 Å². The molecule has 4 heteroatoms. The minimum Gasteiger partial charge on any atom is -0.381 e. The van der Waals surface area contributed by atoms with E-state index in [-0.39, 0.29) is 17.6 Å². The van der Waals surface area contributed by atoms with Crippen molar-refractivity contribution in [3.05, 3.63) is 35.6 Å². The van der Waals surface area contributed by atoms with Gasteiger partial charge in [-0.05, 0) is 25.0 Å². The molecule has 1 heterocycles. The van der Waals surface area contributed by atoms with Gasteiger partial charge in [0.2, 0.25) is 0 Å². The van der Waals surface area contributed by atoms with Gasteiger partial charge < -0.3 is 9.64 Å². The summed E-state index contributed by atoms with van der Waals surface area (Å²) in [5.41, 5.74) is 0.156. The molecule has 17 heavy (non-hydrogen) atoms. The third-order valence-electron chi connectivity index (χ3n) is 3.17. The molecule has 0 spiro atoms. The molecule has 3 nitrogen and oxygen atoms in total. The molecule has 92 valence electrons. The minimum atomic E-state index is -0.452. The van der Waals surface area contributed by atoms with Crippen molar-refractivity contribution in [1.29, 1.82) is 0 Å². The van der Waals surface area contributed by atoms with Gasteiger partial charge in [0, 0.05) is 20.2 Å². The smallest absolute Gasteiger partial charge is 0.256 e. The maximum absolute atomic E-state index is 13.5. The van der Waals surface area contributed by atoms with E-state index in [0.717, 1.165) is 12.8 Å². The molecule has 0 aliphatic carbocycles.